The lowest BCUT2D eigenvalue weighted by molar-refractivity contribution is -0.127. The molecule has 0 spiro atoms. The van der Waals surface area contributed by atoms with Gasteiger partial charge in [-0.25, -0.2) is 0 Å². The van der Waals surface area contributed by atoms with Crippen LogP contribution in [0.5, 0.6) is 0 Å². The summed E-state index contributed by atoms with van der Waals surface area (Å²) in [5.41, 5.74) is 1.04. The van der Waals surface area contributed by atoms with Gasteiger partial charge in [0.2, 0.25) is 5.91 Å². The molecule has 5 heteroatoms. The summed E-state index contributed by atoms with van der Waals surface area (Å²) in [5, 5.41) is 8.61. The summed E-state index contributed by atoms with van der Waals surface area (Å²) < 4.78 is 11.3. The van der Waals surface area contributed by atoms with E-state index in [1.54, 1.807) is 11.9 Å². The quantitative estimate of drug-likeness (QED) is 0.800. The average molecular weight is 255 g/mol. The fraction of sp³-hybridized carbons (Fsp3) is 0.417. The van der Waals surface area contributed by atoms with Crippen LogP contribution in [0.25, 0.3) is 0 Å². The van der Waals surface area contributed by atoms with Gasteiger partial charge >= 0.3 is 0 Å². The van der Waals surface area contributed by atoms with Gasteiger partial charge in [0.25, 0.3) is 0 Å². The van der Waals surface area contributed by atoms with E-state index >= 15 is 0 Å². The summed E-state index contributed by atoms with van der Waals surface area (Å²) in [6, 6.07) is 9.62. The summed E-state index contributed by atoms with van der Waals surface area (Å²) >= 11 is 0. The summed E-state index contributed by atoms with van der Waals surface area (Å²) in [7, 11) is 0.416. The molecule has 1 N–H and O–H groups in total. The molecule has 1 aromatic carbocycles. The van der Waals surface area contributed by atoms with Crippen LogP contribution in [0.4, 0.5) is 0 Å². The topological polar surface area (TPSA) is 57.6 Å². The maximum absolute atomic E-state index is 11.7. The molecular formula is C12H17NO3S. The van der Waals surface area contributed by atoms with E-state index in [4.69, 9.17) is 5.11 Å². The maximum Gasteiger partial charge on any atom is 0.235 e. The van der Waals surface area contributed by atoms with Crippen molar-refractivity contribution in [1.82, 2.24) is 4.90 Å². The van der Waals surface area contributed by atoms with Crippen LogP contribution >= 0.6 is 0 Å². The van der Waals surface area contributed by atoms with Crippen molar-refractivity contribution in [2.45, 2.75) is 6.54 Å². The molecule has 0 radical (unpaired) electrons. The smallest absolute Gasteiger partial charge is 0.235 e. The van der Waals surface area contributed by atoms with Gasteiger partial charge in [0.05, 0.1) is 6.61 Å². The zero-order valence-electron chi connectivity index (χ0n) is 9.83. The highest BCUT2D eigenvalue weighted by atomic mass is 32.2. The van der Waals surface area contributed by atoms with E-state index in [2.05, 4.69) is 0 Å². The van der Waals surface area contributed by atoms with Gasteiger partial charge < -0.3 is 10.0 Å². The number of nitrogens with zero attached hydrogens (tertiary/aromatic N) is 1. The predicted octanol–water partition coefficient (Wildman–Crippen LogP) is 0.386. The van der Waals surface area contributed by atoms with Gasteiger partial charge in [-0.15, -0.1) is 0 Å². The van der Waals surface area contributed by atoms with Crippen molar-refractivity contribution >= 4 is 16.7 Å². The molecule has 0 bridgehead atoms. The van der Waals surface area contributed by atoms with Gasteiger partial charge in [-0.1, -0.05) is 30.3 Å². The van der Waals surface area contributed by atoms with Gasteiger partial charge in [0.15, 0.2) is 0 Å². The van der Waals surface area contributed by atoms with Gasteiger partial charge in [-0.05, 0) is 5.56 Å². The monoisotopic (exact) mass is 255 g/mol. The SMILES string of the molecule is CN(Cc1ccccc1)C(=O)CS(=O)CCO. The summed E-state index contributed by atoms with van der Waals surface area (Å²) in [6.07, 6.45) is 0. The second kappa shape index (κ2) is 7.19. The first-order valence-electron chi connectivity index (χ1n) is 5.37. The Bertz CT molecular complexity index is 381. The van der Waals surface area contributed by atoms with Crippen LogP contribution in [-0.4, -0.2) is 45.3 Å². The molecule has 1 atom stereocenters. The van der Waals surface area contributed by atoms with E-state index in [1.165, 1.54) is 0 Å². The lowest BCUT2D eigenvalue weighted by atomic mass is 10.2. The van der Waals surface area contributed by atoms with Crippen molar-refractivity contribution in [3.05, 3.63) is 35.9 Å². The average Bonchev–Trinajstić information content (AvgIpc) is 2.30. The highest BCUT2D eigenvalue weighted by molar-refractivity contribution is 7.85. The number of hydrogen-bond donors (Lipinski definition) is 1. The van der Waals surface area contributed by atoms with Crippen LogP contribution < -0.4 is 0 Å². The van der Waals surface area contributed by atoms with E-state index in [0.29, 0.717) is 6.54 Å². The Labute approximate surface area is 104 Å². The van der Waals surface area contributed by atoms with Crippen molar-refractivity contribution in [1.29, 1.82) is 0 Å². The molecular weight excluding hydrogens is 238 g/mol. The second-order valence-electron chi connectivity index (χ2n) is 3.75. The number of aliphatic hydroxyl groups excluding tert-OH is 1. The number of aliphatic hydroxyl groups is 1. The molecule has 1 amide bonds. The highest BCUT2D eigenvalue weighted by Gasteiger charge is 2.12. The zero-order valence-corrected chi connectivity index (χ0v) is 10.7. The van der Waals surface area contributed by atoms with Crippen LogP contribution in [0, 0.1) is 0 Å². The summed E-state index contributed by atoms with van der Waals surface area (Å²) in [6.45, 7) is 0.359. The van der Waals surface area contributed by atoms with Gasteiger partial charge in [-0.3, -0.25) is 9.00 Å². The third-order valence-electron chi connectivity index (χ3n) is 2.29. The largest absolute Gasteiger partial charge is 0.395 e. The molecule has 0 heterocycles. The normalized spacial score (nSPS) is 12.1. The molecule has 0 aliphatic rings. The molecule has 1 aromatic rings. The van der Waals surface area contributed by atoms with Crippen LogP contribution in [-0.2, 0) is 22.1 Å². The lowest BCUT2D eigenvalue weighted by Crippen LogP contribution is -2.31. The number of carbonyl (C=O) groups is 1. The Morgan fingerprint density at radius 3 is 2.59 bits per heavy atom. The maximum atomic E-state index is 11.7. The molecule has 0 aromatic heterocycles. The Morgan fingerprint density at radius 1 is 1.35 bits per heavy atom. The van der Waals surface area contributed by atoms with Crippen molar-refractivity contribution in [3.8, 4) is 0 Å². The minimum absolute atomic E-state index is 0.0239. The van der Waals surface area contributed by atoms with Crippen LogP contribution in [0.2, 0.25) is 0 Å². The first-order valence-corrected chi connectivity index (χ1v) is 6.86. The predicted molar refractivity (Wildman–Crippen MR) is 67.9 cm³/mol. The van der Waals surface area contributed by atoms with Gasteiger partial charge in [0.1, 0.15) is 5.75 Å². The Morgan fingerprint density at radius 2 is 2.00 bits per heavy atom. The molecule has 0 aliphatic carbocycles. The Balaban J connectivity index is 2.45. The molecule has 17 heavy (non-hydrogen) atoms. The summed E-state index contributed by atoms with van der Waals surface area (Å²) in [5.74, 6) is -0.0323. The molecule has 0 saturated heterocycles. The molecule has 1 rings (SSSR count). The molecule has 1 unspecified atom stereocenters. The highest BCUT2D eigenvalue weighted by Crippen LogP contribution is 2.03. The van der Waals surface area contributed by atoms with Crippen LogP contribution in [0.3, 0.4) is 0 Å². The first-order chi connectivity index (χ1) is 8.13. The van der Waals surface area contributed by atoms with E-state index in [9.17, 15) is 9.00 Å². The number of benzene rings is 1. The number of amides is 1. The van der Waals surface area contributed by atoms with E-state index < -0.39 is 10.8 Å². The third kappa shape index (κ3) is 5.10. The fourth-order valence-electron chi connectivity index (χ4n) is 1.37. The second-order valence-corrected chi connectivity index (χ2v) is 5.32. The third-order valence-corrected chi connectivity index (χ3v) is 3.50. The minimum atomic E-state index is -1.27. The molecule has 0 aliphatic heterocycles. The lowest BCUT2D eigenvalue weighted by Gasteiger charge is -2.16. The number of hydrogen-bond acceptors (Lipinski definition) is 3. The van der Waals surface area contributed by atoms with Gasteiger partial charge in [0, 0.05) is 30.1 Å². The Hall–Kier alpha value is -1.20. The molecule has 0 fully saturated rings. The molecule has 0 saturated carbocycles. The van der Waals surface area contributed by atoms with E-state index in [1.807, 2.05) is 30.3 Å². The molecule has 94 valence electrons. The molecule has 4 nitrogen and oxygen atoms in total. The van der Waals surface area contributed by atoms with Crippen molar-refractivity contribution in [2.24, 2.45) is 0 Å². The number of rotatable bonds is 6. The van der Waals surface area contributed by atoms with Gasteiger partial charge in [-0.2, -0.15) is 0 Å². The standard InChI is InChI=1S/C12H17NO3S/c1-13(9-11-5-3-2-4-6-11)12(15)10-17(16)8-7-14/h2-6,14H,7-10H2,1H3. The fourth-order valence-corrected chi connectivity index (χ4v) is 2.21. The van der Waals surface area contributed by atoms with Crippen molar-refractivity contribution in [2.75, 3.05) is 25.2 Å². The van der Waals surface area contributed by atoms with E-state index in [0.717, 1.165) is 5.56 Å². The number of carbonyl (C=O) groups excluding carboxylic acids is 1. The van der Waals surface area contributed by atoms with Crippen LogP contribution in [0.1, 0.15) is 5.56 Å². The Kier molecular flexibility index (Phi) is 5.86. The first kappa shape index (κ1) is 13.9. The zero-order chi connectivity index (χ0) is 12.7. The van der Waals surface area contributed by atoms with E-state index in [-0.39, 0.29) is 24.0 Å². The summed E-state index contributed by atoms with van der Waals surface area (Å²) in [4.78, 5) is 13.2. The minimum Gasteiger partial charge on any atom is -0.395 e. The van der Waals surface area contributed by atoms with Crippen LogP contribution in [0.15, 0.2) is 30.3 Å². The van der Waals surface area contributed by atoms with Crippen molar-refractivity contribution < 1.29 is 14.1 Å². The van der Waals surface area contributed by atoms with Crippen molar-refractivity contribution in [3.63, 3.8) is 0 Å².